The molecule has 0 aliphatic carbocycles. The quantitative estimate of drug-likeness (QED) is 0.213. The lowest BCUT2D eigenvalue weighted by Gasteiger charge is -2.10. The van der Waals surface area contributed by atoms with Gasteiger partial charge in [-0.3, -0.25) is 4.79 Å². The molecule has 156 valence electrons. The molecule has 3 rings (SSSR count). The Morgan fingerprint density at radius 3 is 2.24 bits per heavy atom. The summed E-state index contributed by atoms with van der Waals surface area (Å²) in [7, 11) is 0. The van der Waals surface area contributed by atoms with E-state index in [1.165, 1.54) is 57.8 Å². The van der Waals surface area contributed by atoms with Gasteiger partial charge in [0.15, 0.2) is 5.43 Å². The first-order chi connectivity index (χ1) is 14.2. The van der Waals surface area contributed by atoms with Crippen molar-refractivity contribution < 1.29 is 4.74 Å². The van der Waals surface area contributed by atoms with E-state index in [1.54, 1.807) is 17.4 Å². The van der Waals surface area contributed by atoms with Crippen LogP contribution >= 0.6 is 22.9 Å². The first-order valence-corrected chi connectivity index (χ1v) is 12.2. The van der Waals surface area contributed by atoms with Gasteiger partial charge in [-0.15, -0.1) is 11.3 Å². The van der Waals surface area contributed by atoms with E-state index in [-0.39, 0.29) is 5.43 Å². The zero-order valence-corrected chi connectivity index (χ0v) is 18.9. The molecule has 0 unspecified atom stereocenters. The van der Waals surface area contributed by atoms with Crippen LogP contribution in [0.1, 0.15) is 71.1 Å². The lowest BCUT2D eigenvalue weighted by Crippen LogP contribution is -2.04. The van der Waals surface area contributed by atoms with Crippen molar-refractivity contribution in [2.75, 3.05) is 6.61 Å². The Kier molecular flexibility index (Phi) is 8.82. The Morgan fingerprint density at radius 1 is 0.862 bits per heavy atom. The third-order valence-corrected chi connectivity index (χ3v) is 6.90. The number of hydrogen-bond donors (Lipinski definition) is 0. The van der Waals surface area contributed by atoms with Crippen LogP contribution in [0.5, 0.6) is 5.75 Å². The van der Waals surface area contributed by atoms with E-state index in [9.17, 15) is 4.79 Å². The molecule has 1 aromatic heterocycles. The summed E-state index contributed by atoms with van der Waals surface area (Å²) in [6, 6.07) is 11.4. The third kappa shape index (κ3) is 5.96. The van der Waals surface area contributed by atoms with Gasteiger partial charge in [0.05, 0.1) is 21.7 Å². The molecule has 0 atom stereocenters. The van der Waals surface area contributed by atoms with Crippen LogP contribution in [0, 0.1) is 0 Å². The van der Waals surface area contributed by atoms with Gasteiger partial charge in [-0.25, -0.2) is 0 Å². The second-order valence-electron chi connectivity index (χ2n) is 7.71. The summed E-state index contributed by atoms with van der Waals surface area (Å²) >= 11 is 7.94. The molecule has 3 aromatic rings. The van der Waals surface area contributed by atoms with E-state index in [0.717, 1.165) is 27.0 Å². The summed E-state index contributed by atoms with van der Waals surface area (Å²) in [6.45, 7) is 2.94. The molecule has 0 spiro atoms. The molecule has 0 N–H and O–H groups in total. The molecule has 0 saturated carbocycles. The maximum Gasteiger partial charge on any atom is 0.197 e. The van der Waals surface area contributed by atoms with Gasteiger partial charge in [-0.05, 0) is 30.7 Å². The van der Waals surface area contributed by atoms with Crippen LogP contribution in [0.25, 0.3) is 20.2 Å². The van der Waals surface area contributed by atoms with E-state index >= 15 is 0 Å². The van der Waals surface area contributed by atoms with E-state index in [2.05, 4.69) is 6.92 Å². The molecule has 2 nitrogen and oxygen atoms in total. The zero-order valence-electron chi connectivity index (χ0n) is 17.3. The van der Waals surface area contributed by atoms with Crippen molar-refractivity contribution >= 4 is 43.1 Å². The smallest absolute Gasteiger partial charge is 0.197 e. The van der Waals surface area contributed by atoms with Gasteiger partial charge in [-0.1, -0.05) is 88.4 Å². The van der Waals surface area contributed by atoms with Gasteiger partial charge in [0, 0.05) is 10.1 Å². The average Bonchev–Trinajstić information content (AvgIpc) is 2.73. The van der Waals surface area contributed by atoms with Gasteiger partial charge < -0.3 is 4.74 Å². The van der Waals surface area contributed by atoms with Crippen molar-refractivity contribution in [3.8, 4) is 5.75 Å². The highest BCUT2D eigenvalue weighted by Gasteiger charge is 2.13. The fourth-order valence-electron chi connectivity index (χ4n) is 3.73. The summed E-state index contributed by atoms with van der Waals surface area (Å²) in [5.74, 6) is 0.771. The second kappa shape index (κ2) is 11.6. The van der Waals surface area contributed by atoms with Gasteiger partial charge in [0.1, 0.15) is 5.75 Å². The highest BCUT2D eigenvalue weighted by atomic mass is 35.5. The first kappa shape index (κ1) is 22.1. The summed E-state index contributed by atoms with van der Waals surface area (Å²) in [6.07, 6.45) is 13.0. The fraction of sp³-hybridized carbons (Fsp3) is 0.480. The molecule has 0 amide bonds. The van der Waals surface area contributed by atoms with Crippen LogP contribution < -0.4 is 10.2 Å². The minimum atomic E-state index is -0.0104. The largest absolute Gasteiger partial charge is 0.492 e. The molecule has 0 bridgehead atoms. The minimum absolute atomic E-state index is 0.0104. The lowest BCUT2D eigenvalue weighted by molar-refractivity contribution is 0.308. The second-order valence-corrected chi connectivity index (χ2v) is 9.17. The van der Waals surface area contributed by atoms with Crippen LogP contribution in [0.3, 0.4) is 0 Å². The lowest BCUT2D eigenvalue weighted by atomic mass is 10.1. The van der Waals surface area contributed by atoms with Crippen molar-refractivity contribution in [2.24, 2.45) is 0 Å². The third-order valence-electron chi connectivity index (χ3n) is 5.40. The Labute approximate surface area is 182 Å². The molecule has 4 heteroatoms. The highest BCUT2D eigenvalue weighted by molar-refractivity contribution is 7.25. The predicted octanol–water partition coefficient (Wildman–Crippen LogP) is 8.37. The molecule has 0 aliphatic rings. The average molecular weight is 431 g/mol. The van der Waals surface area contributed by atoms with Gasteiger partial charge in [0.2, 0.25) is 0 Å². The van der Waals surface area contributed by atoms with Gasteiger partial charge in [-0.2, -0.15) is 0 Å². The first-order valence-electron chi connectivity index (χ1n) is 11.0. The van der Waals surface area contributed by atoms with Gasteiger partial charge in [0.25, 0.3) is 0 Å². The number of ether oxygens (including phenoxy) is 1. The number of hydrogen-bond acceptors (Lipinski definition) is 3. The molecule has 0 fully saturated rings. The number of halogens is 1. The maximum atomic E-state index is 12.9. The molecule has 0 radical (unpaired) electrons. The van der Waals surface area contributed by atoms with Gasteiger partial charge >= 0.3 is 0 Å². The Balaban J connectivity index is 1.52. The molecule has 0 aliphatic heterocycles. The van der Waals surface area contributed by atoms with Crippen LogP contribution in [-0.4, -0.2) is 6.61 Å². The van der Waals surface area contributed by atoms with Crippen molar-refractivity contribution in [3.63, 3.8) is 0 Å². The van der Waals surface area contributed by atoms with Crippen LogP contribution in [-0.2, 0) is 0 Å². The molecule has 2 aromatic carbocycles. The molecule has 0 saturated heterocycles. The molecular formula is C25H31ClO2S. The number of fused-ring (bicyclic) bond motifs is 2. The van der Waals surface area contributed by atoms with Crippen molar-refractivity contribution in [1.82, 2.24) is 0 Å². The van der Waals surface area contributed by atoms with Crippen LogP contribution in [0.4, 0.5) is 0 Å². The Hall–Kier alpha value is -1.58. The van der Waals surface area contributed by atoms with E-state index in [0.29, 0.717) is 17.0 Å². The molecule has 29 heavy (non-hydrogen) atoms. The minimum Gasteiger partial charge on any atom is -0.492 e. The van der Waals surface area contributed by atoms with E-state index in [4.69, 9.17) is 16.3 Å². The highest BCUT2D eigenvalue weighted by Crippen LogP contribution is 2.35. The van der Waals surface area contributed by atoms with Crippen molar-refractivity contribution in [3.05, 3.63) is 51.6 Å². The van der Waals surface area contributed by atoms with Crippen molar-refractivity contribution in [2.45, 2.75) is 71.1 Å². The number of benzene rings is 2. The van der Waals surface area contributed by atoms with Crippen molar-refractivity contribution in [1.29, 1.82) is 0 Å². The topological polar surface area (TPSA) is 26.3 Å². The summed E-state index contributed by atoms with van der Waals surface area (Å²) in [5, 5.41) is 1.80. The fourth-order valence-corrected chi connectivity index (χ4v) is 5.19. The Morgan fingerprint density at radius 2 is 1.52 bits per heavy atom. The molecule has 1 heterocycles. The monoisotopic (exact) mass is 430 g/mol. The summed E-state index contributed by atoms with van der Waals surface area (Å²) in [4.78, 5) is 12.9. The predicted molar refractivity (Wildman–Crippen MR) is 128 cm³/mol. The number of unbranched alkanes of at least 4 members (excludes halogenated alkanes) is 9. The standard InChI is InChI=1S/C25H31ClO2S/c1-2-3-4-5-6-7-8-9-10-13-18-28-21-17-16-20(26)23-24(27)19-14-11-12-15-22(19)29-25(21)23/h11-12,14-17H,2-10,13,18H2,1H3. The summed E-state index contributed by atoms with van der Waals surface area (Å²) < 4.78 is 7.89. The maximum absolute atomic E-state index is 12.9. The SMILES string of the molecule is CCCCCCCCCCCCOc1ccc(Cl)c2c(=O)c3ccccc3sc12. The zero-order chi connectivity index (χ0) is 20.5. The normalized spacial score (nSPS) is 11.4. The van der Waals surface area contributed by atoms with E-state index in [1.807, 2.05) is 30.3 Å². The number of rotatable bonds is 12. The van der Waals surface area contributed by atoms with Crippen LogP contribution in [0.2, 0.25) is 5.02 Å². The summed E-state index contributed by atoms with van der Waals surface area (Å²) in [5.41, 5.74) is -0.0104. The van der Waals surface area contributed by atoms with Crippen LogP contribution in [0.15, 0.2) is 41.2 Å². The van der Waals surface area contributed by atoms with E-state index < -0.39 is 0 Å². The molecular weight excluding hydrogens is 400 g/mol. The Bertz CT molecular complexity index is 980.